The van der Waals surface area contributed by atoms with Gasteiger partial charge in [0.1, 0.15) is 4.21 Å². The second-order valence-electron chi connectivity index (χ2n) is 5.57. The molecule has 0 spiro atoms. The summed E-state index contributed by atoms with van der Waals surface area (Å²) >= 11 is 6.93. The van der Waals surface area contributed by atoms with Gasteiger partial charge >= 0.3 is 0 Å². The molecule has 4 rings (SSSR count). The minimum Gasteiger partial charge on any atom is -0.378 e. The van der Waals surface area contributed by atoms with Gasteiger partial charge in [-0.1, -0.05) is 11.6 Å². The van der Waals surface area contributed by atoms with Gasteiger partial charge in [0.15, 0.2) is 0 Å². The van der Waals surface area contributed by atoms with E-state index in [1.54, 1.807) is 12.3 Å². The smallest absolute Gasteiger partial charge is 0.253 e. The lowest BCUT2D eigenvalue weighted by atomic mass is 10.3. The third-order valence-electron chi connectivity index (χ3n) is 4.05. The van der Waals surface area contributed by atoms with E-state index in [2.05, 4.69) is 14.9 Å². The molecule has 2 aliphatic rings. The highest BCUT2D eigenvalue weighted by Crippen LogP contribution is 2.32. The molecule has 4 heterocycles. The van der Waals surface area contributed by atoms with Crippen LogP contribution in [-0.4, -0.2) is 49.0 Å². The van der Waals surface area contributed by atoms with Crippen molar-refractivity contribution in [2.24, 2.45) is 0 Å². The lowest BCUT2D eigenvalue weighted by molar-refractivity contribution is 0.122. The molecular weight excluding hydrogens is 372 g/mol. The SMILES string of the molecule is O=S(=O)(c1ccc(Cl)s1)N1Cc2cnc(N3CCOCC3)nc2C1. The summed E-state index contributed by atoms with van der Waals surface area (Å²) in [5, 5.41) is 0. The van der Waals surface area contributed by atoms with E-state index in [0.717, 1.165) is 35.7 Å². The predicted octanol–water partition coefficient (Wildman–Crippen LogP) is 1.73. The van der Waals surface area contributed by atoms with Crippen LogP contribution in [0.5, 0.6) is 0 Å². The molecule has 0 bridgehead atoms. The summed E-state index contributed by atoms with van der Waals surface area (Å²) in [7, 11) is -3.56. The van der Waals surface area contributed by atoms with Crippen molar-refractivity contribution < 1.29 is 13.2 Å². The monoisotopic (exact) mass is 386 g/mol. The number of hydrogen-bond donors (Lipinski definition) is 0. The Kier molecular flexibility index (Phi) is 4.21. The highest BCUT2D eigenvalue weighted by atomic mass is 35.5. The summed E-state index contributed by atoms with van der Waals surface area (Å²) in [4.78, 5) is 11.0. The Bertz CT molecular complexity index is 865. The molecule has 0 atom stereocenters. The number of halogens is 1. The standard InChI is InChI=1S/C14H15ClN4O3S2/c15-12-1-2-13(23-12)24(20,21)19-8-10-7-16-14(17-11(10)9-19)18-3-5-22-6-4-18/h1-2,7H,3-6,8-9H2. The topological polar surface area (TPSA) is 75.6 Å². The second kappa shape index (κ2) is 6.23. The van der Waals surface area contributed by atoms with Crippen molar-refractivity contribution in [2.45, 2.75) is 17.3 Å². The number of anilines is 1. The van der Waals surface area contributed by atoms with Crippen LogP contribution >= 0.6 is 22.9 Å². The van der Waals surface area contributed by atoms with E-state index >= 15 is 0 Å². The van der Waals surface area contributed by atoms with E-state index in [0.29, 0.717) is 23.5 Å². The Morgan fingerprint density at radius 3 is 2.71 bits per heavy atom. The fourth-order valence-corrected chi connectivity index (χ4v) is 5.78. The van der Waals surface area contributed by atoms with Crippen LogP contribution in [0.15, 0.2) is 22.5 Å². The normalized spacial score (nSPS) is 18.8. The van der Waals surface area contributed by atoms with Crippen molar-refractivity contribution >= 4 is 38.9 Å². The lowest BCUT2D eigenvalue weighted by Crippen LogP contribution is -2.37. The molecule has 0 saturated carbocycles. The van der Waals surface area contributed by atoms with Crippen LogP contribution in [0.25, 0.3) is 0 Å². The van der Waals surface area contributed by atoms with Gasteiger partial charge in [-0.05, 0) is 12.1 Å². The Morgan fingerprint density at radius 2 is 2.00 bits per heavy atom. The van der Waals surface area contributed by atoms with Gasteiger partial charge in [-0.3, -0.25) is 0 Å². The molecule has 0 radical (unpaired) electrons. The van der Waals surface area contributed by atoms with Crippen molar-refractivity contribution in [2.75, 3.05) is 31.2 Å². The Morgan fingerprint density at radius 1 is 1.21 bits per heavy atom. The molecule has 128 valence electrons. The molecule has 1 fully saturated rings. The predicted molar refractivity (Wildman–Crippen MR) is 90.8 cm³/mol. The number of morpholine rings is 1. The average Bonchev–Trinajstić information content (AvgIpc) is 3.21. The van der Waals surface area contributed by atoms with Crippen LogP contribution in [0.4, 0.5) is 5.95 Å². The third-order valence-corrected chi connectivity index (χ3v) is 7.54. The van der Waals surface area contributed by atoms with Crippen LogP contribution in [0.3, 0.4) is 0 Å². The Hall–Kier alpha value is -1.26. The summed E-state index contributed by atoms with van der Waals surface area (Å²) in [5.41, 5.74) is 1.61. The van der Waals surface area contributed by atoms with Gasteiger partial charge in [-0.15, -0.1) is 11.3 Å². The van der Waals surface area contributed by atoms with E-state index in [9.17, 15) is 8.42 Å². The van der Waals surface area contributed by atoms with Crippen molar-refractivity contribution in [3.8, 4) is 0 Å². The van der Waals surface area contributed by atoms with Crippen LogP contribution in [0.1, 0.15) is 11.3 Å². The van der Waals surface area contributed by atoms with Gasteiger partial charge in [0, 0.05) is 31.4 Å². The average molecular weight is 387 g/mol. The van der Waals surface area contributed by atoms with Gasteiger partial charge in [-0.2, -0.15) is 4.31 Å². The largest absolute Gasteiger partial charge is 0.378 e. The number of hydrogen-bond acceptors (Lipinski definition) is 7. The number of rotatable bonds is 3. The summed E-state index contributed by atoms with van der Waals surface area (Å²) in [5.74, 6) is 0.635. The minimum atomic E-state index is -3.56. The summed E-state index contributed by atoms with van der Waals surface area (Å²) in [6.45, 7) is 3.34. The molecule has 10 heteroatoms. The second-order valence-corrected chi connectivity index (χ2v) is 9.45. The molecule has 0 N–H and O–H groups in total. The Balaban J connectivity index is 1.57. The third kappa shape index (κ3) is 2.91. The number of sulfonamides is 1. The molecule has 2 aliphatic heterocycles. The van der Waals surface area contributed by atoms with E-state index in [4.69, 9.17) is 16.3 Å². The zero-order chi connectivity index (χ0) is 16.7. The summed E-state index contributed by atoms with van der Waals surface area (Å²) in [6.07, 6.45) is 1.73. The van der Waals surface area contributed by atoms with Crippen molar-refractivity contribution in [3.05, 3.63) is 33.9 Å². The number of nitrogens with zero attached hydrogens (tertiary/aromatic N) is 4. The quantitative estimate of drug-likeness (QED) is 0.799. The zero-order valence-electron chi connectivity index (χ0n) is 12.7. The van der Waals surface area contributed by atoms with Gasteiger partial charge in [0.2, 0.25) is 5.95 Å². The van der Waals surface area contributed by atoms with Crippen molar-refractivity contribution in [1.29, 1.82) is 0 Å². The first-order valence-corrected chi connectivity index (χ1v) is 10.1. The molecule has 0 amide bonds. The number of aromatic nitrogens is 2. The number of ether oxygens (including phenoxy) is 1. The molecule has 2 aromatic rings. The van der Waals surface area contributed by atoms with E-state index in [-0.39, 0.29) is 17.3 Å². The fraction of sp³-hybridized carbons (Fsp3) is 0.429. The van der Waals surface area contributed by atoms with Crippen LogP contribution in [0, 0.1) is 0 Å². The maximum absolute atomic E-state index is 12.7. The molecule has 0 aliphatic carbocycles. The molecular formula is C14H15ClN4O3S2. The molecule has 2 aromatic heterocycles. The first kappa shape index (κ1) is 16.2. The highest BCUT2D eigenvalue weighted by molar-refractivity contribution is 7.91. The lowest BCUT2D eigenvalue weighted by Gasteiger charge is -2.26. The summed E-state index contributed by atoms with van der Waals surface area (Å²) in [6, 6.07) is 3.13. The van der Waals surface area contributed by atoms with Crippen LogP contribution in [-0.2, 0) is 27.8 Å². The first-order chi connectivity index (χ1) is 11.5. The molecule has 1 saturated heterocycles. The van der Waals surface area contributed by atoms with Gasteiger partial charge in [0.05, 0.1) is 29.8 Å². The maximum Gasteiger partial charge on any atom is 0.253 e. The first-order valence-electron chi connectivity index (χ1n) is 7.47. The minimum absolute atomic E-state index is 0.252. The van der Waals surface area contributed by atoms with Gasteiger partial charge < -0.3 is 9.64 Å². The van der Waals surface area contributed by atoms with Gasteiger partial charge in [0.25, 0.3) is 10.0 Å². The van der Waals surface area contributed by atoms with E-state index < -0.39 is 10.0 Å². The van der Waals surface area contributed by atoms with Crippen molar-refractivity contribution in [3.63, 3.8) is 0 Å². The zero-order valence-corrected chi connectivity index (χ0v) is 15.1. The van der Waals surface area contributed by atoms with Crippen LogP contribution in [0.2, 0.25) is 4.34 Å². The van der Waals surface area contributed by atoms with E-state index in [1.807, 2.05) is 0 Å². The maximum atomic E-state index is 12.7. The van der Waals surface area contributed by atoms with Crippen molar-refractivity contribution in [1.82, 2.24) is 14.3 Å². The molecule has 24 heavy (non-hydrogen) atoms. The number of fused-ring (bicyclic) bond motifs is 1. The van der Waals surface area contributed by atoms with Gasteiger partial charge in [-0.25, -0.2) is 18.4 Å². The highest BCUT2D eigenvalue weighted by Gasteiger charge is 2.33. The summed E-state index contributed by atoms with van der Waals surface area (Å²) < 4.78 is 32.9. The molecule has 0 unspecified atom stereocenters. The molecule has 7 nitrogen and oxygen atoms in total. The molecule has 0 aromatic carbocycles. The van der Waals surface area contributed by atoms with E-state index in [1.165, 1.54) is 10.4 Å². The number of thiophene rings is 1. The fourth-order valence-electron chi connectivity index (χ4n) is 2.76. The Labute approximate surface area is 148 Å². The van der Waals surface area contributed by atoms with Crippen LogP contribution < -0.4 is 4.90 Å².